The second kappa shape index (κ2) is 7.48. The van der Waals surface area contributed by atoms with Gasteiger partial charge in [-0.3, -0.25) is 0 Å². The first kappa shape index (κ1) is 15.9. The molecule has 1 unspecified atom stereocenters. The van der Waals surface area contributed by atoms with Crippen molar-refractivity contribution in [3.63, 3.8) is 0 Å². The van der Waals surface area contributed by atoms with E-state index in [1.165, 1.54) is 0 Å². The zero-order valence-corrected chi connectivity index (χ0v) is 14.0. The van der Waals surface area contributed by atoms with Crippen LogP contribution in [0, 0.1) is 0 Å². The van der Waals surface area contributed by atoms with Crippen molar-refractivity contribution >= 4 is 41.7 Å². The summed E-state index contributed by atoms with van der Waals surface area (Å²) in [4.78, 5) is 0. The molecule has 7 heteroatoms. The maximum absolute atomic E-state index is 12.4. The molecule has 110 valence electrons. The van der Waals surface area contributed by atoms with Gasteiger partial charge in [0, 0.05) is 0 Å². The van der Waals surface area contributed by atoms with Crippen molar-refractivity contribution in [2.24, 2.45) is 10.2 Å². The Morgan fingerprint density at radius 3 is 2.05 bits per heavy atom. The quantitative estimate of drug-likeness (QED) is 0.447. The number of halogens is 1. The molecule has 2 aromatic carbocycles. The Kier molecular flexibility index (Phi) is 5.65. The summed E-state index contributed by atoms with van der Waals surface area (Å²) in [6.07, 6.45) is 0. The Morgan fingerprint density at radius 1 is 0.905 bits per heavy atom. The van der Waals surface area contributed by atoms with Gasteiger partial charge >= 0.3 is 130 Å². The molecule has 0 N–H and O–H groups in total. The Hall–Kier alpha value is -1.52. The van der Waals surface area contributed by atoms with Gasteiger partial charge in [0.2, 0.25) is 0 Å². The molecule has 1 atom stereocenters. The third-order valence-electron chi connectivity index (χ3n) is 2.58. The van der Waals surface area contributed by atoms with E-state index in [1.54, 1.807) is 0 Å². The molecule has 4 nitrogen and oxygen atoms in total. The molecule has 0 heterocycles. The van der Waals surface area contributed by atoms with Crippen molar-refractivity contribution in [1.29, 1.82) is 0 Å². The Labute approximate surface area is 130 Å². The number of nitrogens with zero attached hydrogens (tertiary/aromatic N) is 2. The van der Waals surface area contributed by atoms with Gasteiger partial charge in [0.15, 0.2) is 0 Å². The van der Waals surface area contributed by atoms with Crippen molar-refractivity contribution in [3.8, 4) is 0 Å². The topological polar surface area (TPSA) is 58.9 Å². The third kappa shape index (κ3) is 6.19. The minimum absolute atomic E-state index is 0.386. The van der Waals surface area contributed by atoms with Crippen LogP contribution in [-0.4, -0.2) is 29.9 Å². The molecule has 0 aliphatic rings. The fourth-order valence-corrected chi connectivity index (χ4v) is 5.55. The molecule has 0 saturated carbocycles. The van der Waals surface area contributed by atoms with Crippen molar-refractivity contribution in [3.05, 3.63) is 54.6 Å². The Morgan fingerprint density at radius 2 is 1.48 bits per heavy atom. The zero-order chi connectivity index (χ0) is 15.1. The van der Waals surface area contributed by atoms with Gasteiger partial charge in [-0.1, -0.05) is 0 Å². The van der Waals surface area contributed by atoms with Crippen LogP contribution in [0.15, 0.2) is 64.8 Å². The standard InChI is InChI=1S/C14H14AsFN2O2S/c16-21(19,20)11-10-15-12-6-8-14(9-7-12)18-17-13-4-2-1-3-5-13/h1-9,15H,10-11H2/b18-17+. The number of azo groups is 1. The number of rotatable bonds is 6. The predicted molar refractivity (Wildman–Crippen MR) is 83.5 cm³/mol. The van der Waals surface area contributed by atoms with E-state index in [4.69, 9.17) is 0 Å². The SMILES string of the molecule is O=S(=O)(F)CC[AsH]c1ccc(/N=N/c2ccccc2)cc1. The second-order valence-corrected chi connectivity index (χ2v) is 8.74. The van der Waals surface area contributed by atoms with Crippen LogP contribution in [0.3, 0.4) is 0 Å². The summed E-state index contributed by atoms with van der Waals surface area (Å²) >= 11 is -0.636. The van der Waals surface area contributed by atoms with E-state index in [1.807, 2.05) is 54.6 Å². The molecule has 0 spiro atoms. The molecule has 0 fully saturated rings. The molecule has 2 rings (SSSR count). The minimum atomic E-state index is -4.34. The Bertz CT molecular complexity index is 704. The molecule has 0 radical (unpaired) electrons. The van der Waals surface area contributed by atoms with Gasteiger partial charge in [-0.2, -0.15) is 0 Å². The average Bonchev–Trinajstić information content (AvgIpc) is 2.46. The van der Waals surface area contributed by atoms with E-state index in [0.29, 0.717) is 5.21 Å². The molecular formula is C14H14AsFN2O2S. The van der Waals surface area contributed by atoms with Gasteiger partial charge in [0.1, 0.15) is 0 Å². The van der Waals surface area contributed by atoms with Crippen LogP contribution in [0.5, 0.6) is 0 Å². The van der Waals surface area contributed by atoms with Crippen molar-refractivity contribution < 1.29 is 12.3 Å². The summed E-state index contributed by atoms with van der Waals surface area (Å²) < 4.78 is 34.3. The number of hydrogen-bond donors (Lipinski definition) is 0. The van der Waals surface area contributed by atoms with Gasteiger partial charge in [0.05, 0.1) is 0 Å². The second-order valence-electron chi connectivity index (χ2n) is 4.25. The molecule has 0 aliphatic heterocycles. The molecule has 0 aliphatic carbocycles. The molecule has 0 amide bonds. The van der Waals surface area contributed by atoms with E-state index in [2.05, 4.69) is 10.2 Å². The monoisotopic (exact) mass is 368 g/mol. The molecule has 21 heavy (non-hydrogen) atoms. The Balaban J connectivity index is 1.91. The number of hydrogen-bond acceptors (Lipinski definition) is 4. The molecule has 2 aromatic rings. The summed E-state index contributed by atoms with van der Waals surface area (Å²) in [5.74, 6) is -0.386. The first-order valence-corrected chi connectivity index (χ1v) is 10.3. The van der Waals surface area contributed by atoms with Crippen molar-refractivity contribution in [2.45, 2.75) is 5.21 Å². The van der Waals surface area contributed by atoms with E-state index in [0.717, 1.165) is 15.7 Å². The van der Waals surface area contributed by atoms with E-state index >= 15 is 0 Å². The van der Waals surface area contributed by atoms with Gasteiger partial charge < -0.3 is 0 Å². The fraction of sp³-hybridized carbons (Fsp3) is 0.143. The zero-order valence-electron chi connectivity index (χ0n) is 11.1. The maximum atomic E-state index is 12.4. The fourth-order valence-electron chi connectivity index (χ4n) is 1.57. The number of benzene rings is 2. The van der Waals surface area contributed by atoms with Gasteiger partial charge in [0.25, 0.3) is 0 Å². The van der Waals surface area contributed by atoms with Crippen LogP contribution >= 0.6 is 0 Å². The first-order valence-electron chi connectivity index (χ1n) is 6.26. The predicted octanol–water partition coefficient (Wildman–Crippen LogP) is 2.88. The molecule has 0 saturated heterocycles. The summed E-state index contributed by atoms with van der Waals surface area (Å²) in [6.45, 7) is 0. The molecule has 0 bridgehead atoms. The normalized spacial score (nSPS) is 12.4. The summed E-state index contributed by atoms with van der Waals surface area (Å²) in [7, 11) is -4.34. The molecular weight excluding hydrogens is 354 g/mol. The van der Waals surface area contributed by atoms with Crippen molar-refractivity contribution in [2.75, 3.05) is 5.75 Å². The van der Waals surface area contributed by atoms with Gasteiger partial charge in [-0.25, -0.2) is 0 Å². The van der Waals surface area contributed by atoms with Crippen LogP contribution in [0.4, 0.5) is 15.3 Å². The van der Waals surface area contributed by atoms with Crippen LogP contribution in [0.1, 0.15) is 0 Å². The van der Waals surface area contributed by atoms with Crippen LogP contribution in [-0.2, 0) is 10.2 Å². The van der Waals surface area contributed by atoms with E-state index in [-0.39, 0.29) is 5.75 Å². The summed E-state index contributed by atoms with van der Waals surface area (Å²) in [5, 5.41) is 8.62. The van der Waals surface area contributed by atoms with Crippen LogP contribution < -0.4 is 4.35 Å². The van der Waals surface area contributed by atoms with Gasteiger partial charge in [-0.15, -0.1) is 0 Å². The molecule has 0 aromatic heterocycles. The first-order chi connectivity index (χ1) is 10.0. The van der Waals surface area contributed by atoms with Gasteiger partial charge in [-0.05, 0) is 0 Å². The van der Waals surface area contributed by atoms with Crippen LogP contribution in [0.2, 0.25) is 5.21 Å². The van der Waals surface area contributed by atoms with E-state index < -0.39 is 26.0 Å². The van der Waals surface area contributed by atoms with E-state index in [9.17, 15) is 12.3 Å². The average molecular weight is 368 g/mol. The third-order valence-corrected chi connectivity index (χ3v) is 6.64. The summed E-state index contributed by atoms with van der Waals surface area (Å²) in [5.41, 5.74) is 1.51. The van der Waals surface area contributed by atoms with Crippen LogP contribution in [0.25, 0.3) is 0 Å². The van der Waals surface area contributed by atoms with Crippen molar-refractivity contribution in [1.82, 2.24) is 0 Å². The summed E-state index contributed by atoms with van der Waals surface area (Å²) in [6, 6.07) is 16.9.